The Bertz CT molecular complexity index is 632. The van der Waals surface area contributed by atoms with E-state index in [9.17, 15) is 0 Å². The fourth-order valence-corrected chi connectivity index (χ4v) is 3.14. The number of nitrogens with zero attached hydrogens (tertiary/aromatic N) is 5. The first kappa shape index (κ1) is 12.1. The first-order valence-corrected chi connectivity index (χ1v) is 7.80. The van der Waals surface area contributed by atoms with Gasteiger partial charge in [0.25, 0.3) is 0 Å². The molecule has 2 saturated carbocycles. The molecule has 0 aliphatic heterocycles. The smallest absolute Gasteiger partial charge is 0.223 e. The van der Waals surface area contributed by atoms with Crippen LogP contribution in [-0.4, -0.2) is 31.8 Å². The van der Waals surface area contributed by atoms with E-state index in [1.807, 2.05) is 13.1 Å². The first-order chi connectivity index (χ1) is 9.85. The SMILES string of the molecule is CNc1nccc(Sc2nnc(C3CC3)n2C2CC2)n1. The molecule has 0 atom stereocenters. The fraction of sp³-hybridized carbons (Fsp3) is 0.538. The Hall–Kier alpha value is -1.63. The van der Waals surface area contributed by atoms with Crippen LogP contribution in [0.25, 0.3) is 0 Å². The molecule has 1 N–H and O–H groups in total. The molecule has 7 heteroatoms. The Morgan fingerprint density at radius 1 is 1.25 bits per heavy atom. The molecule has 0 saturated heterocycles. The normalized spacial score (nSPS) is 18.2. The Morgan fingerprint density at radius 3 is 2.80 bits per heavy atom. The van der Waals surface area contributed by atoms with Gasteiger partial charge >= 0.3 is 0 Å². The van der Waals surface area contributed by atoms with E-state index in [0.717, 1.165) is 10.2 Å². The van der Waals surface area contributed by atoms with Crippen LogP contribution in [0.4, 0.5) is 5.95 Å². The predicted molar refractivity (Wildman–Crippen MR) is 76.0 cm³/mol. The average molecular weight is 288 g/mol. The number of nitrogens with one attached hydrogen (secondary N) is 1. The van der Waals surface area contributed by atoms with E-state index >= 15 is 0 Å². The molecule has 0 bridgehead atoms. The zero-order valence-electron chi connectivity index (χ0n) is 11.3. The summed E-state index contributed by atoms with van der Waals surface area (Å²) in [4.78, 5) is 8.57. The molecule has 2 heterocycles. The van der Waals surface area contributed by atoms with Gasteiger partial charge < -0.3 is 9.88 Å². The molecule has 0 spiro atoms. The van der Waals surface area contributed by atoms with Crippen LogP contribution in [0.2, 0.25) is 0 Å². The molecule has 20 heavy (non-hydrogen) atoms. The van der Waals surface area contributed by atoms with Crippen molar-refractivity contribution in [1.29, 1.82) is 0 Å². The standard InChI is InChI=1S/C13H16N6S/c1-14-12-15-7-6-10(16-12)20-13-18-17-11(8-2-3-8)19(13)9-4-5-9/h6-9H,2-5H2,1H3,(H,14,15,16). The molecule has 4 rings (SSSR count). The summed E-state index contributed by atoms with van der Waals surface area (Å²) in [5, 5.41) is 13.6. The van der Waals surface area contributed by atoms with Gasteiger partial charge in [0.05, 0.1) is 0 Å². The number of hydrogen-bond acceptors (Lipinski definition) is 6. The molecule has 2 aliphatic rings. The zero-order chi connectivity index (χ0) is 13.5. The minimum Gasteiger partial charge on any atom is -0.357 e. The van der Waals surface area contributed by atoms with E-state index in [-0.39, 0.29) is 0 Å². The van der Waals surface area contributed by atoms with Crippen molar-refractivity contribution in [1.82, 2.24) is 24.7 Å². The molecular weight excluding hydrogens is 272 g/mol. The van der Waals surface area contributed by atoms with Crippen LogP contribution >= 0.6 is 11.8 Å². The number of aromatic nitrogens is 5. The average Bonchev–Trinajstić information content (AvgIpc) is 3.38. The Balaban J connectivity index is 1.64. The van der Waals surface area contributed by atoms with Gasteiger partial charge in [0, 0.05) is 25.2 Å². The van der Waals surface area contributed by atoms with Gasteiger partial charge in [0.15, 0.2) is 5.16 Å². The van der Waals surface area contributed by atoms with Crippen molar-refractivity contribution in [3.8, 4) is 0 Å². The lowest BCUT2D eigenvalue weighted by Crippen LogP contribution is -2.02. The second-order valence-electron chi connectivity index (χ2n) is 5.29. The molecular formula is C13H16N6S. The maximum atomic E-state index is 4.44. The third-order valence-electron chi connectivity index (χ3n) is 3.59. The fourth-order valence-electron chi connectivity index (χ4n) is 2.27. The molecule has 104 valence electrons. The van der Waals surface area contributed by atoms with Crippen molar-refractivity contribution < 1.29 is 0 Å². The molecule has 2 aromatic heterocycles. The molecule has 0 unspecified atom stereocenters. The third-order valence-corrected chi connectivity index (χ3v) is 4.49. The van der Waals surface area contributed by atoms with Crippen LogP contribution in [0.1, 0.15) is 43.5 Å². The van der Waals surface area contributed by atoms with Crippen LogP contribution in [0.3, 0.4) is 0 Å². The summed E-state index contributed by atoms with van der Waals surface area (Å²) in [6, 6.07) is 2.52. The van der Waals surface area contributed by atoms with Crippen molar-refractivity contribution in [3.05, 3.63) is 18.1 Å². The lowest BCUT2D eigenvalue weighted by molar-refractivity contribution is 0.626. The molecule has 0 radical (unpaired) electrons. The van der Waals surface area contributed by atoms with Crippen LogP contribution in [0.15, 0.2) is 22.4 Å². The quantitative estimate of drug-likeness (QED) is 0.852. The summed E-state index contributed by atoms with van der Waals surface area (Å²) >= 11 is 1.58. The van der Waals surface area contributed by atoms with E-state index in [1.165, 1.54) is 31.5 Å². The van der Waals surface area contributed by atoms with Gasteiger partial charge in [-0.2, -0.15) is 0 Å². The Labute approximate surface area is 121 Å². The first-order valence-electron chi connectivity index (χ1n) is 6.98. The Kier molecular flexibility index (Phi) is 2.87. The van der Waals surface area contributed by atoms with Crippen molar-refractivity contribution in [3.63, 3.8) is 0 Å². The van der Waals surface area contributed by atoms with Crippen molar-refractivity contribution in [2.24, 2.45) is 0 Å². The van der Waals surface area contributed by atoms with Crippen LogP contribution in [-0.2, 0) is 0 Å². The lowest BCUT2D eigenvalue weighted by atomic mass is 10.4. The predicted octanol–water partition coefficient (Wildman–Crippen LogP) is 2.47. The van der Waals surface area contributed by atoms with Gasteiger partial charge in [-0.15, -0.1) is 10.2 Å². The van der Waals surface area contributed by atoms with Crippen LogP contribution in [0.5, 0.6) is 0 Å². The highest BCUT2D eigenvalue weighted by Gasteiger charge is 2.36. The zero-order valence-corrected chi connectivity index (χ0v) is 12.1. The van der Waals surface area contributed by atoms with Crippen molar-refractivity contribution in [2.45, 2.75) is 47.8 Å². The van der Waals surface area contributed by atoms with E-state index in [2.05, 4.69) is 30.0 Å². The molecule has 2 aliphatic carbocycles. The number of rotatable bonds is 5. The summed E-state index contributed by atoms with van der Waals surface area (Å²) in [7, 11) is 1.82. The van der Waals surface area contributed by atoms with Crippen LogP contribution < -0.4 is 5.32 Å². The highest BCUT2D eigenvalue weighted by atomic mass is 32.2. The summed E-state index contributed by atoms with van der Waals surface area (Å²) in [5.74, 6) is 2.45. The van der Waals surface area contributed by atoms with Gasteiger partial charge in [-0.25, -0.2) is 9.97 Å². The van der Waals surface area contributed by atoms with Gasteiger partial charge in [-0.3, -0.25) is 0 Å². The second kappa shape index (κ2) is 4.73. The molecule has 2 fully saturated rings. The topological polar surface area (TPSA) is 68.5 Å². The summed E-state index contributed by atoms with van der Waals surface area (Å²) in [6.07, 6.45) is 6.77. The Morgan fingerprint density at radius 2 is 2.10 bits per heavy atom. The lowest BCUT2D eigenvalue weighted by Gasteiger charge is -2.07. The highest BCUT2D eigenvalue weighted by molar-refractivity contribution is 7.99. The highest BCUT2D eigenvalue weighted by Crippen LogP contribution is 2.46. The van der Waals surface area contributed by atoms with E-state index in [4.69, 9.17) is 0 Å². The minimum atomic E-state index is 0.605. The van der Waals surface area contributed by atoms with E-state index in [0.29, 0.717) is 17.9 Å². The largest absolute Gasteiger partial charge is 0.357 e. The molecule has 2 aromatic rings. The number of hydrogen-bond donors (Lipinski definition) is 1. The maximum absolute atomic E-state index is 4.44. The summed E-state index contributed by atoms with van der Waals surface area (Å²) in [5.41, 5.74) is 0. The van der Waals surface area contributed by atoms with E-state index < -0.39 is 0 Å². The van der Waals surface area contributed by atoms with Crippen molar-refractivity contribution in [2.75, 3.05) is 12.4 Å². The minimum absolute atomic E-state index is 0.605. The summed E-state index contributed by atoms with van der Waals surface area (Å²) in [6.45, 7) is 0. The van der Waals surface area contributed by atoms with Gasteiger partial charge in [0.1, 0.15) is 10.9 Å². The van der Waals surface area contributed by atoms with Gasteiger partial charge in [-0.05, 0) is 43.5 Å². The monoisotopic (exact) mass is 288 g/mol. The van der Waals surface area contributed by atoms with Crippen molar-refractivity contribution >= 4 is 17.7 Å². The van der Waals surface area contributed by atoms with Crippen LogP contribution in [0, 0.1) is 0 Å². The maximum Gasteiger partial charge on any atom is 0.223 e. The molecule has 0 aromatic carbocycles. The third kappa shape index (κ3) is 2.26. The molecule has 0 amide bonds. The summed E-state index contributed by atoms with van der Waals surface area (Å²) < 4.78 is 2.34. The second-order valence-corrected chi connectivity index (χ2v) is 6.27. The van der Waals surface area contributed by atoms with Gasteiger partial charge in [0.2, 0.25) is 5.95 Å². The van der Waals surface area contributed by atoms with E-state index in [1.54, 1.807) is 18.0 Å². The molecule has 6 nitrogen and oxygen atoms in total. The number of anilines is 1. The van der Waals surface area contributed by atoms with Gasteiger partial charge in [-0.1, -0.05) is 0 Å².